The third kappa shape index (κ3) is 6.11. The van der Waals surface area contributed by atoms with E-state index < -0.39 is 10.8 Å². The number of benzene rings is 2. The van der Waals surface area contributed by atoms with E-state index in [0.29, 0.717) is 25.9 Å². The van der Waals surface area contributed by atoms with E-state index in [-0.39, 0.29) is 34.5 Å². The van der Waals surface area contributed by atoms with Gasteiger partial charge in [0, 0.05) is 11.1 Å². The lowest BCUT2D eigenvalue weighted by molar-refractivity contribution is -0.384. The fraction of sp³-hybridized carbons (Fsp3) is 0.0476. The molecule has 0 aliphatic rings. The second kappa shape index (κ2) is 10.8. The quantitative estimate of drug-likeness (QED) is 0.168. The molecule has 0 spiro atoms. The van der Waals surface area contributed by atoms with E-state index in [9.17, 15) is 14.9 Å². The molecule has 4 rings (SSSR count). The Morgan fingerprint density at radius 1 is 1.17 bits per heavy atom. The summed E-state index contributed by atoms with van der Waals surface area (Å²) in [6.07, 6.45) is 0. The summed E-state index contributed by atoms with van der Waals surface area (Å²) < 4.78 is 11.1. The largest absolute Gasteiger partial charge is 0.485 e. The molecule has 0 bridgehead atoms. The fourth-order valence-corrected chi connectivity index (χ4v) is 4.21. The number of nitro groups is 1. The Labute approximate surface area is 217 Å². The SMILES string of the molecule is O=C(NC(=S)Nc1nnc(COc2ccc(Cl)cc2Cl)s1)c1ccc(-c2ccccc2[N+](=O)[O-])o1. The highest BCUT2D eigenvalue weighted by atomic mass is 35.5. The van der Waals surface area contributed by atoms with E-state index in [1.54, 1.807) is 30.3 Å². The average Bonchev–Trinajstić information content (AvgIpc) is 3.48. The van der Waals surface area contributed by atoms with Crippen molar-refractivity contribution < 1.29 is 18.9 Å². The number of hydrogen-bond donors (Lipinski definition) is 2. The van der Waals surface area contributed by atoms with Crippen molar-refractivity contribution in [2.75, 3.05) is 5.32 Å². The summed E-state index contributed by atoms with van der Waals surface area (Å²) in [6, 6.07) is 13.8. The smallest absolute Gasteiger partial charge is 0.293 e. The number of anilines is 1. The summed E-state index contributed by atoms with van der Waals surface area (Å²) in [5, 5.41) is 26.1. The van der Waals surface area contributed by atoms with Gasteiger partial charge in [-0.3, -0.25) is 20.2 Å². The summed E-state index contributed by atoms with van der Waals surface area (Å²) in [4.78, 5) is 23.2. The maximum Gasteiger partial charge on any atom is 0.293 e. The zero-order valence-corrected chi connectivity index (χ0v) is 20.5. The summed E-state index contributed by atoms with van der Waals surface area (Å²) in [5.74, 6) is -0.0932. The summed E-state index contributed by atoms with van der Waals surface area (Å²) in [7, 11) is 0. The van der Waals surface area contributed by atoms with Crippen molar-refractivity contribution in [2.24, 2.45) is 0 Å². The molecule has 178 valence electrons. The van der Waals surface area contributed by atoms with Gasteiger partial charge in [-0.15, -0.1) is 10.2 Å². The first-order chi connectivity index (χ1) is 16.8. The molecule has 0 radical (unpaired) electrons. The first-order valence-corrected chi connectivity index (χ1v) is 11.6. The van der Waals surface area contributed by atoms with Crippen molar-refractivity contribution in [3.05, 3.63) is 85.5 Å². The maximum absolute atomic E-state index is 12.5. The molecule has 0 aliphatic heterocycles. The molecule has 14 heteroatoms. The molecule has 2 heterocycles. The van der Waals surface area contributed by atoms with Crippen LogP contribution in [0.15, 0.2) is 59.0 Å². The number of thiocarbonyl (C=S) groups is 1. The molecule has 10 nitrogen and oxygen atoms in total. The minimum absolute atomic E-state index is 0.0389. The number of furan rings is 1. The molecular formula is C21H13Cl2N5O5S2. The van der Waals surface area contributed by atoms with E-state index in [2.05, 4.69) is 20.8 Å². The van der Waals surface area contributed by atoms with Gasteiger partial charge in [0.25, 0.3) is 11.6 Å². The maximum atomic E-state index is 12.5. The molecular weight excluding hydrogens is 537 g/mol. The zero-order chi connectivity index (χ0) is 24.9. The van der Waals surface area contributed by atoms with Crippen LogP contribution >= 0.6 is 46.8 Å². The molecule has 4 aromatic rings. The predicted octanol–water partition coefficient (Wildman–Crippen LogP) is 5.72. The molecule has 1 amide bonds. The third-order valence-electron chi connectivity index (χ3n) is 4.36. The second-order valence-electron chi connectivity index (χ2n) is 6.71. The van der Waals surface area contributed by atoms with Crippen LogP contribution in [0.5, 0.6) is 5.75 Å². The number of carbonyl (C=O) groups is 1. The Balaban J connectivity index is 1.34. The van der Waals surface area contributed by atoms with Crippen molar-refractivity contribution in [3.8, 4) is 17.1 Å². The van der Waals surface area contributed by atoms with Crippen molar-refractivity contribution in [1.29, 1.82) is 0 Å². The number of carbonyl (C=O) groups excluding carboxylic acids is 1. The number of aromatic nitrogens is 2. The number of hydrogen-bond acceptors (Lipinski definition) is 9. The van der Waals surface area contributed by atoms with Gasteiger partial charge in [-0.05, 0) is 48.6 Å². The third-order valence-corrected chi connectivity index (χ3v) is 5.90. The predicted molar refractivity (Wildman–Crippen MR) is 135 cm³/mol. The average molecular weight is 550 g/mol. The summed E-state index contributed by atoms with van der Waals surface area (Å²) in [5.41, 5.74) is 0.112. The lowest BCUT2D eigenvalue weighted by atomic mass is 10.1. The highest BCUT2D eigenvalue weighted by Gasteiger charge is 2.20. The Morgan fingerprint density at radius 3 is 2.74 bits per heavy atom. The van der Waals surface area contributed by atoms with Gasteiger partial charge >= 0.3 is 0 Å². The van der Waals surface area contributed by atoms with E-state index in [1.807, 2.05) is 0 Å². The van der Waals surface area contributed by atoms with Gasteiger partial charge in [0.05, 0.1) is 15.5 Å². The molecule has 0 unspecified atom stereocenters. The highest BCUT2D eigenvalue weighted by molar-refractivity contribution is 7.80. The number of ether oxygens (including phenoxy) is 1. The van der Waals surface area contributed by atoms with Crippen LogP contribution in [-0.4, -0.2) is 26.1 Å². The monoisotopic (exact) mass is 549 g/mol. The number of halogens is 2. The number of rotatable bonds is 7. The van der Waals surface area contributed by atoms with Crippen LogP contribution in [0.25, 0.3) is 11.3 Å². The first kappa shape index (κ1) is 24.5. The van der Waals surface area contributed by atoms with Crippen LogP contribution in [0, 0.1) is 10.1 Å². The minimum Gasteiger partial charge on any atom is -0.485 e. The van der Waals surface area contributed by atoms with Gasteiger partial charge in [0.1, 0.15) is 18.1 Å². The van der Waals surface area contributed by atoms with Gasteiger partial charge in [0.15, 0.2) is 15.9 Å². The lowest BCUT2D eigenvalue weighted by Gasteiger charge is -2.06. The van der Waals surface area contributed by atoms with Gasteiger partial charge < -0.3 is 14.5 Å². The topological polar surface area (TPSA) is 132 Å². The van der Waals surface area contributed by atoms with E-state index in [1.165, 1.54) is 24.3 Å². The molecule has 0 saturated heterocycles. The van der Waals surface area contributed by atoms with Crippen LogP contribution in [0.2, 0.25) is 10.0 Å². The summed E-state index contributed by atoms with van der Waals surface area (Å²) >= 11 is 18.3. The van der Waals surface area contributed by atoms with Crippen molar-refractivity contribution in [1.82, 2.24) is 15.5 Å². The van der Waals surface area contributed by atoms with Gasteiger partial charge in [-0.25, -0.2) is 0 Å². The molecule has 0 fully saturated rings. The Hall–Kier alpha value is -3.58. The fourth-order valence-electron chi connectivity index (χ4n) is 2.83. The number of nitro benzene ring substituents is 1. The molecule has 0 saturated carbocycles. The highest BCUT2D eigenvalue weighted by Crippen LogP contribution is 2.31. The molecule has 0 aliphatic carbocycles. The Morgan fingerprint density at radius 2 is 1.97 bits per heavy atom. The van der Waals surface area contributed by atoms with Crippen molar-refractivity contribution in [3.63, 3.8) is 0 Å². The van der Waals surface area contributed by atoms with E-state index >= 15 is 0 Å². The van der Waals surface area contributed by atoms with Gasteiger partial charge in [-0.2, -0.15) is 0 Å². The summed E-state index contributed by atoms with van der Waals surface area (Å²) in [6.45, 7) is 0.112. The van der Waals surface area contributed by atoms with Crippen LogP contribution in [0.4, 0.5) is 10.8 Å². The second-order valence-corrected chi connectivity index (χ2v) is 9.02. The molecule has 2 aromatic carbocycles. The Kier molecular flexibility index (Phi) is 7.56. The number of nitrogens with zero attached hydrogens (tertiary/aromatic N) is 3. The lowest BCUT2D eigenvalue weighted by Crippen LogP contribution is -2.33. The molecule has 2 aromatic heterocycles. The van der Waals surface area contributed by atoms with Gasteiger partial charge in [0.2, 0.25) is 5.13 Å². The first-order valence-electron chi connectivity index (χ1n) is 9.66. The van der Waals surface area contributed by atoms with Crippen LogP contribution in [0.1, 0.15) is 15.6 Å². The minimum atomic E-state index is -0.641. The van der Waals surface area contributed by atoms with Gasteiger partial charge in [-0.1, -0.05) is 46.7 Å². The molecule has 0 atom stereocenters. The number of para-hydroxylation sites is 1. The Bertz CT molecular complexity index is 1420. The van der Waals surface area contributed by atoms with Crippen molar-refractivity contribution >= 4 is 68.6 Å². The van der Waals surface area contributed by atoms with E-state index in [0.717, 1.165) is 11.3 Å². The number of amides is 1. The van der Waals surface area contributed by atoms with Crippen LogP contribution in [-0.2, 0) is 6.61 Å². The number of nitrogens with one attached hydrogen (secondary N) is 2. The zero-order valence-electron chi connectivity index (χ0n) is 17.4. The van der Waals surface area contributed by atoms with Crippen LogP contribution in [0.3, 0.4) is 0 Å². The standard InChI is InChI=1S/C21H13Cl2N5O5S2/c22-11-5-6-16(13(23)9-11)32-10-18-26-27-21(35-18)25-20(34)24-19(29)17-8-7-15(33-17)12-3-1-2-4-14(12)28(30)31/h1-9H,10H2,(H2,24,25,27,29,34). The van der Waals surface area contributed by atoms with Crippen molar-refractivity contribution in [2.45, 2.75) is 6.61 Å². The molecule has 2 N–H and O–H groups in total. The van der Waals surface area contributed by atoms with Crippen LogP contribution < -0.4 is 15.4 Å². The normalized spacial score (nSPS) is 10.6. The molecule has 35 heavy (non-hydrogen) atoms. The van der Waals surface area contributed by atoms with E-state index in [4.69, 9.17) is 44.6 Å².